The van der Waals surface area contributed by atoms with Crippen molar-refractivity contribution in [3.63, 3.8) is 0 Å². The molecular formula is C19H22N2O2S. The summed E-state index contributed by atoms with van der Waals surface area (Å²) < 4.78 is 12.8. The van der Waals surface area contributed by atoms with Gasteiger partial charge in [0.1, 0.15) is 4.91 Å². The van der Waals surface area contributed by atoms with E-state index in [2.05, 4.69) is 10.6 Å². The van der Waals surface area contributed by atoms with Crippen LogP contribution in [0.2, 0.25) is 0 Å². The summed E-state index contributed by atoms with van der Waals surface area (Å²) in [5.74, 6) is -0.380. The molecule has 1 unspecified atom stereocenters. The standard InChI is InChI=1S/C19H22N2O2S/c1-14(2)20-13-18(24(23)17-7-5-4-6-8-17)19(22)21-16-11-9-15(3)10-12-16/h4-14,20H,1-3H3,(H,21,22)/b18-13+. The van der Waals surface area contributed by atoms with Gasteiger partial charge in [-0.25, -0.2) is 4.21 Å². The number of carbonyl (C=O) groups excluding carboxylic acids is 1. The van der Waals surface area contributed by atoms with E-state index >= 15 is 0 Å². The van der Waals surface area contributed by atoms with Crippen LogP contribution in [0, 0.1) is 6.92 Å². The third kappa shape index (κ3) is 5.06. The average molecular weight is 342 g/mol. The van der Waals surface area contributed by atoms with Gasteiger partial charge in [0.2, 0.25) is 0 Å². The molecule has 0 aromatic heterocycles. The molecule has 1 amide bonds. The fourth-order valence-electron chi connectivity index (χ4n) is 1.95. The molecule has 0 saturated heterocycles. The molecule has 0 spiro atoms. The first kappa shape index (κ1) is 17.9. The van der Waals surface area contributed by atoms with Crippen LogP contribution in [0.5, 0.6) is 0 Å². The number of benzene rings is 2. The van der Waals surface area contributed by atoms with E-state index in [-0.39, 0.29) is 16.9 Å². The van der Waals surface area contributed by atoms with E-state index in [0.29, 0.717) is 10.6 Å². The highest BCUT2D eigenvalue weighted by molar-refractivity contribution is 7.90. The largest absolute Gasteiger partial charge is 0.388 e. The molecule has 126 valence electrons. The van der Waals surface area contributed by atoms with Crippen LogP contribution < -0.4 is 10.6 Å². The normalized spacial score (nSPS) is 12.8. The second-order valence-corrected chi connectivity index (χ2v) is 7.18. The second-order valence-electron chi connectivity index (χ2n) is 5.73. The number of hydrogen-bond donors (Lipinski definition) is 2. The van der Waals surface area contributed by atoms with E-state index in [1.807, 2.05) is 51.1 Å². The van der Waals surface area contributed by atoms with Gasteiger partial charge in [-0.05, 0) is 45.0 Å². The lowest BCUT2D eigenvalue weighted by Gasteiger charge is -2.11. The Morgan fingerprint density at radius 3 is 2.25 bits per heavy atom. The number of amides is 1. The Morgan fingerprint density at radius 2 is 1.67 bits per heavy atom. The number of carbonyl (C=O) groups is 1. The van der Waals surface area contributed by atoms with Gasteiger partial charge in [0, 0.05) is 22.8 Å². The third-order valence-electron chi connectivity index (χ3n) is 3.24. The molecule has 1 atom stereocenters. The van der Waals surface area contributed by atoms with Crippen molar-refractivity contribution in [2.45, 2.75) is 31.7 Å². The lowest BCUT2D eigenvalue weighted by Crippen LogP contribution is -2.23. The van der Waals surface area contributed by atoms with Crippen LogP contribution in [0.25, 0.3) is 0 Å². The Kier molecular flexibility index (Phi) is 6.32. The van der Waals surface area contributed by atoms with Gasteiger partial charge in [-0.1, -0.05) is 35.9 Å². The number of nitrogens with one attached hydrogen (secondary N) is 2. The fourth-order valence-corrected chi connectivity index (χ4v) is 3.00. The lowest BCUT2D eigenvalue weighted by atomic mass is 10.2. The van der Waals surface area contributed by atoms with Gasteiger partial charge in [0.25, 0.3) is 5.91 Å². The molecule has 2 N–H and O–H groups in total. The van der Waals surface area contributed by atoms with Gasteiger partial charge in [-0.15, -0.1) is 0 Å². The Labute approximate surface area is 145 Å². The Balaban J connectivity index is 2.25. The molecule has 0 bridgehead atoms. The molecule has 2 aromatic carbocycles. The molecule has 0 fully saturated rings. The highest BCUT2D eigenvalue weighted by Gasteiger charge is 2.19. The predicted molar refractivity (Wildman–Crippen MR) is 99.0 cm³/mol. The van der Waals surface area contributed by atoms with E-state index in [4.69, 9.17) is 0 Å². The van der Waals surface area contributed by atoms with E-state index in [9.17, 15) is 9.00 Å². The van der Waals surface area contributed by atoms with Gasteiger partial charge >= 0.3 is 0 Å². The van der Waals surface area contributed by atoms with Crippen molar-refractivity contribution in [1.82, 2.24) is 5.32 Å². The average Bonchev–Trinajstić information content (AvgIpc) is 2.57. The lowest BCUT2D eigenvalue weighted by molar-refractivity contribution is -0.112. The Hall–Kier alpha value is -2.40. The first-order valence-electron chi connectivity index (χ1n) is 7.78. The van der Waals surface area contributed by atoms with Crippen molar-refractivity contribution in [2.75, 3.05) is 5.32 Å². The molecule has 2 rings (SSSR count). The molecule has 0 heterocycles. The quantitative estimate of drug-likeness (QED) is 0.789. The van der Waals surface area contributed by atoms with Crippen LogP contribution in [0.1, 0.15) is 19.4 Å². The van der Waals surface area contributed by atoms with Crippen LogP contribution in [-0.2, 0) is 15.6 Å². The molecule has 4 nitrogen and oxygen atoms in total. The van der Waals surface area contributed by atoms with E-state index in [1.54, 1.807) is 24.3 Å². The summed E-state index contributed by atoms with van der Waals surface area (Å²) in [5.41, 5.74) is 1.78. The molecular weight excluding hydrogens is 320 g/mol. The van der Waals surface area contributed by atoms with Crippen molar-refractivity contribution in [3.8, 4) is 0 Å². The van der Waals surface area contributed by atoms with Crippen molar-refractivity contribution in [1.29, 1.82) is 0 Å². The summed E-state index contributed by atoms with van der Waals surface area (Å²) in [5, 5.41) is 5.86. The van der Waals surface area contributed by atoms with Crippen LogP contribution in [-0.4, -0.2) is 16.2 Å². The maximum absolute atomic E-state index is 12.8. The van der Waals surface area contributed by atoms with Crippen molar-refractivity contribution < 1.29 is 9.00 Å². The monoisotopic (exact) mass is 342 g/mol. The zero-order valence-electron chi connectivity index (χ0n) is 14.1. The zero-order chi connectivity index (χ0) is 17.5. The van der Waals surface area contributed by atoms with Crippen LogP contribution >= 0.6 is 0 Å². The molecule has 0 saturated carbocycles. The predicted octanol–water partition coefficient (Wildman–Crippen LogP) is 3.58. The Bertz CT molecular complexity index is 738. The Morgan fingerprint density at radius 1 is 1.04 bits per heavy atom. The topological polar surface area (TPSA) is 58.2 Å². The number of hydrogen-bond acceptors (Lipinski definition) is 3. The minimum absolute atomic E-state index is 0.139. The molecule has 24 heavy (non-hydrogen) atoms. The minimum Gasteiger partial charge on any atom is -0.388 e. The van der Waals surface area contributed by atoms with Gasteiger partial charge < -0.3 is 10.6 Å². The summed E-state index contributed by atoms with van der Waals surface area (Å²) in [6.07, 6.45) is 1.54. The van der Waals surface area contributed by atoms with Gasteiger partial charge in [-0.3, -0.25) is 4.79 Å². The highest BCUT2D eigenvalue weighted by atomic mass is 32.2. The maximum atomic E-state index is 12.8. The smallest absolute Gasteiger partial charge is 0.266 e. The molecule has 2 aromatic rings. The third-order valence-corrected chi connectivity index (χ3v) is 4.64. The maximum Gasteiger partial charge on any atom is 0.266 e. The molecule has 0 aliphatic heterocycles. The molecule has 0 aliphatic rings. The number of aryl methyl sites for hydroxylation is 1. The summed E-state index contributed by atoms with van der Waals surface area (Å²) in [6, 6.07) is 16.6. The van der Waals surface area contributed by atoms with E-state index < -0.39 is 10.8 Å². The summed E-state index contributed by atoms with van der Waals surface area (Å²) in [6.45, 7) is 5.89. The van der Waals surface area contributed by atoms with Gasteiger partial charge in [0.05, 0.1) is 10.8 Å². The molecule has 5 heteroatoms. The van der Waals surface area contributed by atoms with Crippen molar-refractivity contribution in [2.24, 2.45) is 0 Å². The van der Waals surface area contributed by atoms with Crippen LogP contribution in [0.4, 0.5) is 5.69 Å². The first-order valence-corrected chi connectivity index (χ1v) is 8.93. The highest BCUT2D eigenvalue weighted by Crippen LogP contribution is 2.17. The first-order chi connectivity index (χ1) is 11.5. The van der Waals surface area contributed by atoms with E-state index in [0.717, 1.165) is 5.56 Å². The zero-order valence-corrected chi connectivity index (χ0v) is 14.9. The SMILES string of the molecule is Cc1ccc(NC(=O)/C(=C\NC(C)C)S(=O)c2ccccc2)cc1. The number of rotatable bonds is 6. The van der Waals surface area contributed by atoms with Crippen molar-refractivity contribution in [3.05, 3.63) is 71.3 Å². The minimum atomic E-state index is -1.56. The summed E-state index contributed by atoms with van der Waals surface area (Å²) >= 11 is 0. The van der Waals surface area contributed by atoms with Crippen LogP contribution in [0.3, 0.4) is 0 Å². The molecule has 0 radical (unpaired) electrons. The summed E-state index contributed by atoms with van der Waals surface area (Å²) in [4.78, 5) is 13.4. The van der Waals surface area contributed by atoms with Gasteiger partial charge in [-0.2, -0.15) is 0 Å². The molecule has 0 aliphatic carbocycles. The van der Waals surface area contributed by atoms with Crippen molar-refractivity contribution >= 4 is 22.4 Å². The van der Waals surface area contributed by atoms with Gasteiger partial charge in [0.15, 0.2) is 0 Å². The number of anilines is 1. The van der Waals surface area contributed by atoms with E-state index in [1.165, 1.54) is 6.20 Å². The summed E-state index contributed by atoms with van der Waals surface area (Å²) in [7, 11) is -1.56. The fraction of sp³-hybridized carbons (Fsp3) is 0.211. The van der Waals surface area contributed by atoms with Crippen LogP contribution in [0.15, 0.2) is 70.6 Å². The second kappa shape index (κ2) is 8.45.